The minimum absolute atomic E-state index is 0.103. The van der Waals surface area contributed by atoms with Crippen LogP contribution in [0.4, 0.5) is 0 Å². The van der Waals surface area contributed by atoms with E-state index in [0.717, 1.165) is 6.42 Å². The average molecular weight is 284 g/mol. The fourth-order valence-electron chi connectivity index (χ4n) is 2.97. The van der Waals surface area contributed by atoms with Crippen LogP contribution in [0.15, 0.2) is 0 Å². The quantitative estimate of drug-likeness (QED) is 0.733. The molecule has 0 heterocycles. The number of carbonyl (C=O) groups excluding carboxylic acids is 1. The summed E-state index contributed by atoms with van der Waals surface area (Å²) >= 11 is 0. The van der Waals surface area contributed by atoms with Crippen molar-refractivity contribution in [3.63, 3.8) is 0 Å². The van der Waals surface area contributed by atoms with E-state index in [1.54, 1.807) is 13.8 Å². The molecule has 1 saturated carbocycles. The van der Waals surface area contributed by atoms with Gasteiger partial charge in [0, 0.05) is 12.0 Å². The zero-order valence-electron chi connectivity index (χ0n) is 13.2. The van der Waals surface area contributed by atoms with Gasteiger partial charge in [0.05, 0.1) is 0 Å². The molecule has 5 heteroatoms. The Kier molecular flexibility index (Phi) is 4.85. The summed E-state index contributed by atoms with van der Waals surface area (Å²) in [5.41, 5.74) is 4.67. The molecule has 0 bridgehead atoms. The Hall–Kier alpha value is -1.10. The van der Waals surface area contributed by atoms with Gasteiger partial charge in [0.15, 0.2) is 0 Å². The Morgan fingerprint density at radius 1 is 1.40 bits per heavy atom. The number of hydrogen-bond acceptors (Lipinski definition) is 3. The first-order valence-electron chi connectivity index (χ1n) is 7.37. The number of nitrogens with one attached hydrogen (secondary N) is 1. The first kappa shape index (κ1) is 17.0. The molecule has 1 aliphatic carbocycles. The molecule has 20 heavy (non-hydrogen) atoms. The van der Waals surface area contributed by atoms with E-state index in [0.29, 0.717) is 12.8 Å². The molecule has 5 nitrogen and oxygen atoms in total. The van der Waals surface area contributed by atoms with Crippen LogP contribution in [0, 0.1) is 17.3 Å². The number of carboxylic acids is 1. The zero-order chi connectivity index (χ0) is 15.7. The van der Waals surface area contributed by atoms with Crippen LogP contribution in [0.1, 0.15) is 53.9 Å². The molecule has 1 amide bonds. The van der Waals surface area contributed by atoms with E-state index in [9.17, 15) is 14.7 Å². The van der Waals surface area contributed by atoms with Gasteiger partial charge in [-0.25, -0.2) is 4.79 Å². The predicted octanol–water partition coefficient (Wildman–Crippen LogP) is 1.76. The van der Waals surface area contributed by atoms with E-state index in [4.69, 9.17) is 5.73 Å². The maximum absolute atomic E-state index is 12.5. The van der Waals surface area contributed by atoms with E-state index in [1.165, 1.54) is 0 Å². The number of carbonyl (C=O) groups is 2. The van der Waals surface area contributed by atoms with Gasteiger partial charge in [-0.2, -0.15) is 0 Å². The topological polar surface area (TPSA) is 92.4 Å². The minimum Gasteiger partial charge on any atom is -0.480 e. The average Bonchev–Trinajstić information content (AvgIpc) is 2.35. The Morgan fingerprint density at radius 2 is 1.95 bits per heavy atom. The summed E-state index contributed by atoms with van der Waals surface area (Å²) < 4.78 is 0. The lowest BCUT2D eigenvalue weighted by Gasteiger charge is -2.46. The number of rotatable bonds is 4. The van der Waals surface area contributed by atoms with Crippen LogP contribution < -0.4 is 11.1 Å². The fraction of sp³-hybridized carbons (Fsp3) is 0.867. The van der Waals surface area contributed by atoms with Crippen LogP contribution in [0.25, 0.3) is 0 Å². The number of aliphatic carboxylic acids is 1. The predicted molar refractivity (Wildman–Crippen MR) is 78.1 cm³/mol. The first-order valence-corrected chi connectivity index (χ1v) is 7.37. The SMILES string of the molecule is CCC(C)(NC(=O)C1CCC(N)C(C)C1(C)C)C(=O)O. The molecule has 0 spiro atoms. The molecule has 4 N–H and O–H groups in total. The molecule has 4 atom stereocenters. The van der Waals surface area contributed by atoms with Crippen LogP contribution in [0.5, 0.6) is 0 Å². The van der Waals surface area contributed by atoms with E-state index in [-0.39, 0.29) is 29.2 Å². The van der Waals surface area contributed by atoms with Crippen molar-refractivity contribution in [2.45, 2.75) is 65.5 Å². The van der Waals surface area contributed by atoms with Crippen LogP contribution in [-0.2, 0) is 9.59 Å². The third-order valence-electron chi connectivity index (χ3n) is 5.40. The van der Waals surface area contributed by atoms with Crippen LogP contribution in [0.3, 0.4) is 0 Å². The van der Waals surface area contributed by atoms with Gasteiger partial charge in [-0.3, -0.25) is 4.79 Å². The number of hydrogen-bond donors (Lipinski definition) is 3. The Bertz CT molecular complexity index is 395. The van der Waals surface area contributed by atoms with Gasteiger partial charge in [0.2, 0.25) is 5.91 Å². The standard InChI is InChI=1S/C15H28N2O3/c1-6-15(5,13(19)20)17-12(18)10-7-8-11(16)9(2)14(10,3)4/h9-11H,6-8,16H2,1-5H3,(H,17,18)(H,19,20). The normalized spacial score (nSPS) is 32.2. The molecule has 0 saturated heterocycles. The summed E-state index contributed by atoms with van der Waals surface area (Å²) in [7, 11) is 0. The van der Waals surface area contributed by atoms with Crippen molar-refractivity contribution >= 4 is 11.9 Å². The fourth-order valence-corrected chi connectivity index (χ4v) is 2.97. The number of amides is 1. The second-order valence-corrected chi connectivity index (χ2v) is 6.88. The molecule has 4 unspecified atom stereocenters. The Labute approximate surface area is 121 Å². The molecular weight excluding hydrogens is 256 g/mol. The van der Waals surface area contributed by atoms with E-state index in [1.807, 2.05) is 13.8 Å². The lowest BCUT2D eigenvalue weighted by atomic mass is 9.60. The minimum atomic E-state index is -1.20. The highest BCUT2D eigenvalue weighted by atomic mass is 16.4. The summed E-state index contributed by atoms with van der Waals surface area (Å²) in [4.78, 5) is 23.8. The highest BCUT2D eigenvalue weighted by Gasteiger charge is 2.46. The van der Waals surface area contributed by atoms with Gasteiger partial charge in [0.1, 0.15) is 5.54 Å². The van der Waals surface area contributed by atoms with Gasteiger partial charge in [-0.15, -0.1) is 0 Å². The summed E-state index contributed by atoms with van der Waals surface area (Å²) in [5, 5.41) is 12.0. The molecule has 0 radical (unpaired) electrons. The largest absolute Gasteiger partial charge is 0.480 e. The first-order chi connectivity index (χ1) is 9.06. The van der Waals surface area contributed by atoms with Gasteiger partial charge >= 0.3 is 5.97 Å². The molecule has 0 aromatic heterocycles. The summed E-state index contributed by atoms with van der Waals surface area (Å²) in [5.74, 6) is -1.13. The number of nitrogens with two attached hydrogens (primary N) is 1. The van der Waals surface area contributed by atoms with Crippen molar-refractivity contribution < 1.29 is 14.7 Å². The third kappa shape index (κ3) is 2.97. The maximum atomic E-state index is 12.5. The summed E-state index contributed by atoms with van der Waals surface area (Å²) in [6.07, 6.45) is 1.87. The molecule has 1 aliphatic rings. The summed E-state index contributed by atoms with van der Waals surface area (Å²) in [6.45, 7) is 9.48. The molecule has 0 aliphatic heterocycles. The van der Waals surface area contributed by atoms with Gasteiger partial charge in [-0.1, -0.05) is 27.7 Å². The number of carboxylic acid groups (broad SMARTS) is 1. The smallest absolute Gasteiger partial charge is 0.329 e. The molecule has 116 valence electrons. The van der Waals surface area contributed by atoms with Crippen molar-refractivity contribution in [3.05, 3.63) is 0 Å². The van der Waals surface area contributed by atoms with Gasteiger partial charge in [0.25, 0.3) is 0 Å². The lowest BCUT2D eigenvalue weighted by Crippen LogP contribution is -2.58. The molecule has 0 aromatic carbocycles. The molecular formula is C15H28N2O3. The van der Waals surface area contributed by atoms with Crippen molar-refractivity contribution in [3.8, 4) is 0 Å². The Morgan fingerprint density at radius 3 is 2.40 bits per heavy atom. The van der Waals surface area contributed by atoms with E-state index in [2.05, 4.69) is 12.2 Å². The highest BCUT2D eigenvalue weighted by Crippen LogP contribution is 2.44. The van der Waals surface area contributed by atoms with Crippen LogP contribution >= 0.6 is 0 Å². The maximum Gasteiger partial charge on any atom is 0.329 e. The van der Waals surface area contributed by atoms with Crippen molar-refractivity contribution in [1.82, 2.24) is 5.32 Å². The zero-order valence-corrected chi connectivity index (χ0v) is 13.2. The monoisotopic (exact) mass is 284 g/mol. The Balaban J connectivity index is 2.90. The third-order valence-corrected chi connectivity index (χ3v) is 5.40. The van der Waals surface area contributed by atoms with E-state index < -0.39 is 11.5 Å². The van der Waals surface area contributed by atoms with Crippen LogP contribution in [-0.4, -0.2) is 28.6 Å². The summed E-state index contributed by atoms with van der Waals surface area (Å²) in [6, 6.07) is 0.103. The highest BCUT2D eigenvalue weighted by molar-refractivity contribution is 5.88. The van der Waals surface area contributed by atoms with Crippen molar-refractivity contribution in [1.29, 1.82) is 0 Å². The van der Waals surface area contributed by atoms with Crippen molar-refractivity contribution in [2.24, 2.45) is 23.0 Å². The van der Waals surface area contributed by atoms with Gasteiger partial charge in [-0.05, 0) is 37.5 Å². The molecule has 1 fully saturated rings. The molecule has 0 aromatic rings. The van der Waals surface area contributed by atoms with Crippen LogP contribution in [0.2, 0.25) is 0 Å². The lowest BCUT2D eigenvalue weighted by molar-refractivity contribution is -0.149. The van der Waals surface area contributed by atoms with Crippen molar-refractivity contribution in [2.75, 3.05) is 0 Å². The second kappa shape index (κ2) is 5.72. The second-order valence-electron chi connectivity index (χ2n) is 6.88. The van der Waals surface area contributed by atoms with Gasteiger partial charge < -0.3 is 16.2 Å². The van der Waals surface area contributed by atoms with E-state index >= 15 is 0 Å². The molecule has 1 rings (SSSR count).